The van der Waals surface area contributed by atoms with Gasteiger partial charge in [0.1, 0.15) is 23.7 Å². The van der Waals surface area contributed by atoms with E-state index in [1.807, 2.05) is 62.0 Å². The summed E-state index contributed by atoms with van der Waals surface area (Å²) in [6, 6.07) is 9.84. The largest absolute Gasteiger partial charge is 0.464 e. The standard InChI is InChI=1S/C53H61FN8O8S.4H2S/c1-28(2)46(58-52(65)67-5)49(63)60-15-7-9-40(60)37-21-34(25-55-37)31-11-12-39-33(19-31)23-42-45-36(54)20-32(24-43(45)70-51(62(39)42)44-27-57-48(71-44)30-13-17-69-18-14-30)35-22-38(56-26-35)41-10-8-16-61(41)50(64)47(29(3)4)59-53(66)68-6;;;;/h11-12,19-20,23-30,40-41,46-47,51H,7-10,13-18,21-22H2,1-6H3,(H,58,65)(H,59,66);4*1H2/t40-,41-,46-,47-,51?;;;;/m0..../s1. The molecule has 0 aliphatic carbocycles. The van der Waals surface area contributed by atoms with Crippen LogP contribution in [0.5, 0.6) is 5.75 Å². The molecule has 6 aliphatic rings. The average molecular weight is 1130 g/mol. The fourth-order valence-electron chi connectivity index (χ4n) is 11.1. The van der Waals surface area contributed by atoms with Crippen LogP contribution < -0.4 is 15.4 Å². The summed E-state index contributed by atoms with van der Waals surface area (Å²) in [7, 11) is 2.57. The summed E-state index contributed by atoms with van der Waals surface area (Å²) in [6.07, 6.45) is 9.55. The highest BCUT2D eigenvalue weighted by molar-refractivity contribution is 7.59. The number of alkyl carbamates (subject to hydrolysis) is 2. The van der Waals surface area contributed by atoms with Gasteiger partial charge < -0.3 is 39.4 Å². The molecule has 2 aromatic carbocycles. The second kappa shape index (κ2) is 25.0. The topological polar surface area (TPSA) is 178 Å². The van der Waals surface area contributed by atoms with E-state index in [2.05, 4.69) is 33.4 Å². The maximum Gasteiger partial charge on any atom is 0.407 e. The van der Waals surface area contributed by atoms with E-state index >= 15 is 4.39 Å². The van der Waals surface area contributed by atoms with E-state index in [9.17, 15) is 19.2 Å². The van der Waals surface area contributed by atoms with Gasteiger partial charge in [-0.3, -0.25) is 24.1 Å². The number of fused-ring (bicyclic) bond motifs is 5. The molecular weight excluding hydrogens is 1060 g/mol. The van der Waals surface area contributed by atoms with E-state index in [1.165, 1.54) is 14.2 Å². The Morgan fingerprint density at radius 3 is 1.85 bits per heavy atom. The number of amides is 4. The van der Waals surface area contributed by atoms with Crippen molar-refractivity contribution in [1.82, 2.24) is 30.0 Å². The molecule has 406 valence electrons. The molecule has 8 heterocycles. The normalized spacial score (nSPS) is 20.7. The smallest absolute Gasteiger partial charge is 0.407 e. The van der Waals surface area contributed by atoms with E-state index < -0.39 is 36.3 Å². The highest BCUT2D eigenvalue weighted by Gasteiger charge is 2.41. The van der Waals surface area contributed by atoms with Crippen LogP contribution in [0.1, 0.15) is 112 Å². The zero-order valence-electron chi connectivity index (χ0n) is 43.0. The van der Waals surface area contributed by atoms with Crippen LogP contribution in [0.4, 0.5) is 14.0 Å². The Bertz CT molecular complexity index is 2910. The zero-order chi connectivity index (χ0) is 49.7. The Kier molecular flexibility index (Phi) is 19.7. The Morgan fingerprint density at radius 2 is 1.31 bits per heavy atom. The second-order valence-corrected chi connectivity index (χ2v) is 21.1. The monoisotopic (exact) mass is 1120 g/mol. The fourth-order valence-corrected chi connectivity index (χ4v) is 12.2. The number of aliphatic imine (C=N–C) groups is 2. The molecule has 0 spiro atoms. The lowest BCUT2D eigenvalue weighted by atomic mass is 9.95. The van der Waals surface area contributed by atoms with Crippen molar-refractivity contribution in [3.8, 4) is 17.0 Å². The van der Waals surface area contributed by atoms with Crippen molar-refractivity contribution in [2.75, 3.05) is 40.5 Å². The number of halogens is 1. The number of nitrogens with one attached hydrogen (secondary N) is 2. The molecule has 4 amide bonds. The summed E-state index contributed by atoms with van der Waals surface area (Å²) in [5, 5.41) is 7.38. The van der Waals surface area contributed by atoms with Crippen molar-refractivity contribution in [2.24, 2.45) is 21.8 Å². The van der Waals surface area contributed by atoms with Crippen LogP contribution in [-0.2, 0) is 23.8 Å². The minimum absolute atomic E-state index is 0. The van der Waals surface area contributed by atoms with E-state index in [4.69, 9.17) is 33.9 Å². The predicted molar refractivity (Wildman–Crippen MR) is 310 cm³/mol. The van der Waals surface area contributed by atoms with Gasteiger partial charge in [0.2, 0.25) is 18.0 Å². The number of hydrogen-bond donors (Lipinski definition) is 2. The Balaban J connectivity index is 0.00000229. The molecule has 0 bridgehead atoms. The van der Waals surface area contributed by atoms with Crippen molar-refractivity contribution in [1.29, 1.82) is 0 Å². The number of benzene rings is 2. The number of aromatic nitrogens is 2. The molecule has 5 atom stereocenters. The van der Waals surface area contributed by atoms with Gasteiger partial charge in [0.05, 0.1) is 53.0 Å². The van der Waals surface area contributed by atoms with Crippen molar-refractivity contribution < 1.29 is 42.5 Å². The number of methoxy groups -OCH3 is 2. The van der Waals surface area contributed by atoms with Gasteiger partial charge in [-0.25, -0.2) is 19.0 Å². The number of rotatable bonds is 12. The Morgan fingerprint density at radius 1 is 0.747 bits per heavy atom. The highest BCUT2D eigenvalue weighted by atomic mass is 32.1. The number of allylic oxidation sites excluding steroid dienone is 2. The number of hydrogen-bond acceptors (Lipinski definition) is 12. The third-order valence-corrected chi connectivity index (χ3v) is 16.0. The van der Waals surface area contributed by atoms with Gasteiger partial charge in [-0.05, 0) is 103 Å². The van der Waals surface area contributed by atoms with Gasteiger partial charge in [0.15, 0.2) is 0 Å². The number of nitrogens with zero attached hydrogens (tertiary/aromatic N) is 6. The van der Waals surface area contributed by atoms with Gasteiger partial charge in [-0.2, -0.15) is 54.0 Å². The summed E-state index contributed by atoms with van der Waals surface area (Å²) >= 11 is 1.62. The maximum absolute atomic E-state index is 17.1. The van der Waals surface area contributed by atoms with Crippen molar-refractivity contribution in [3.63, 3.8) is 0 Å². The van der Waals surface area contributed by atoms with Crippen molar-refractivity contribution in [2.45, 2.75) is 115 Å². The van der Waals surface area contributed by atoms with Crippen LogP contribution >= 0.6 is 65.3 Å². The lowest BCUT2D eigenvalue weighted by Gasteiger charge is -2.31. The lowest BCUT2D eigenvalue weighted by molar-refractivity contribution is -0.134. The van der Waals surface area contributed by atoms with E-state index in [0.717, 1.165) is 87.4 Å². The summed E-state index contributed by atoms with van der Waals surface area (Å²) in [4.78, 5) is 71.3. The molecule has 2 N–H and O–H groups in total. The van der Waals surface area contributed by atoms with E-state index in [0.29, 0.717) is 61.7 Å². The molecule has 0 saturated carbocycles. The van der Waals surface area contributed by atoms with Crippen LogP contribution in [-0.4, -0.2) is 119 Å². The van der Waals surface area contributed by atoms with Gasteiger partial charge in [0.25, 0.3) is 0 Å². The number of ether oxygens (including phenoxy) is 4. The van der Waals surface area contributed by atoms with Gasteiger partial charge >= 0.3 is 12.2 Å². The minimum Gasteiger partial charge on any atom is -0.464 e. The number of likely N-dealkylation sites (tertiary alicyclic amines) is 2. The van der Waals surface area contributed by atoms with Crippen LogP contribution in [0.2, 0.25) is 0 Å². The first-order valence-corrected chi connectivity index (χ1v) is 25.6. The maximum atomic E-state index is 17.1. The molecular formula is C53H69FN8O8S5. The van der Waals surface area contributed by atoms with Crippen molar-refractivity contribution in [3.05, 3.63) is 81.8 Å². The molecule has 3 saturated heterocycles. The minimum atomic E-state index is -0.748. The average Bonchev–Trinajstić information content (AvgIpc) is 4.24. The zero-order valence-corrected chi connectivity index (χ0v) is 47.9. The number of carbonyl (C=O) groups excluding carboxylic acids is 4. The molecule has 3 fully saturated rings. The Labute approximate surface area is 469 Å². The summed E-state index contributed by atoms with van der Waals surface area (Å²) < 4.78 is 41.4. The Hall–Kier alpha value is -5.00. The first-order valence-electron chi connectivity index (χ1n) is 24.8. The first-order chi connectivity index (χ1) is 34.3. The van der Waals surface area contributed by atoms with E-state index in [1.54, 1.807) is 23.6 Å². The molecule has 6 aliphatic heterocycles. The molecule has 1 unspecified atom stereocenters. The SMILES string of the molecule is COC(=O)N[C@H](C(=O)N1CCC[C@H]1C1=NC=C(c2cc(F)c3c(c2)OC(c2cnc(C4CCOCC4)s2)n2c-3cc3cc(C4=CN=C([C@@H]5CCCN5C(=O)[C@@H](NC(=O)OC)C(C)C)C4)ccc32)C1)C(C)C.S.S.S.S. The predicted octanol–water partition coefficient (Wildman–Crippen LogP) is 9.30. The molecule has 16 nitrogen and oxygen atoms in total. The third-order valence-electron chi connectivity index (χ3n) is 14.9. The fraction of sp³-hybridized carbons (Fsp3) is 0.491. The third kappa shape index (κ3) is 11.7. The van der Waals surface area contributed by atoms with E-state index in [-0.39, 0.29) is 95.6 Å². The molecule has 22 heteroatoms. The molecule has 0 radical (unpaired) electrons. The lowest BCUT2D eigenvalue weighted by Crippen LogP contribution is -2.53. The van der Waals surface area contributed by atoms with Crippen LogP contribution in [0.15, 0.2) is 65.0 Å². The molecule has 75 heavy (non-hydrogen) atoms. The summed E-state index contributed by atoms with van der Waals surface area (Å²) in [5.41, 5.74) is 7.10. The van der Waals surface area contributed by atoms with Gasteiger partial charge in [0, 0.05) is 80.5 Å². The summed E-state index contributed by atoms with van der Waals surface area (Å²) in [6.45, 7) is 10.1. The summed E-state index contributed by atoms with van der Waals surface area (Å²) in [5.74, 6) is -0.343. The quantitative estimate of drug-likeness (QED) is 0.140. The van der Waals surface area contributed by atoms with Crippen molar-refractivity contribution >= 4 is 123 Å². The molecule has 4 aromatic rings. The van der Waals surface area contributed by atoms with Crippen LogP contribution in [0, 0.1) is 17.7 Å². The van der Waals surface area contributed by atoms with Gasteiger partial charge in [-0.1, -0.05) is 33.8 Å². The van der Waals surface area contributed by atoms with Gasteiger partial charge in [-0.15, -0.1) is 11.3 Å². The molecule has 2 aromatic heterocycles. The van der Waals surface area contributed by atoms with Crippen LogP contribution in [0.3, 0.4) is 0 Å². The molecule has 10 rings (SSSR count). The number of carbonyl (C=O) groups is 4. The first kappa shape index (κ1) is 59.2. The van der Waals surface area contributed by atoms with Crippen LogP contribution in [0.25, 0.3) is 33.3 Å². The number of thiazole rings is 1. The highest BCUT2D eigenvalue weighted by Crippen LogP contribution is 2.49. The second-order valence-electron chi connectivity index (χ2n) is 20.0.